The van der Waals surface area contributed by atoms with E-state index >= 15 is 0 Å². The zero-order chi connectivity index (χ0) is 12.4. The summed E-state index contributed by atoms with van der Waals surface area (Å²) in [7, 11) is 0. The van der Waals surface area contributed by atoms with E-state index in [1.807, 2.05) is 0 Å². The minimum absolute atomic E-state index is 0.306. The smallest absolute Gasteiger partial charge is 0.123 e. The van der Waals surface area contributed by atoms with Gasteiger partial charge in [0.15, 0.2) is 0 Å². The molecule has 0 bridgehead atoms. The molecule has 1 heterocycles. The molecular weight excluding hydrogens is 287 g/mol. The van der Waals surface area contributed by atoms with E-state index < -0.39 is 6.10 Å². The van der Waals surface area contributed by atoms with Gasteiger partial charge in [0.25, 0.3) is 0 Å². The van der Waals surface area contributed by atoms with Gasteiger partial charge in [-0.2, -0.15) is 0 Å². The highest BCUT2D eigenvalue weighted by Gasteiger charge is 2.15. The van der Waals surface area contributed by atoms with E-state index in [1.165, 1.54) is 18.4 Å². The van der Waals surface area contributed by atoms with Gasteiger partial charge in [-0.25, -0.2) is 4.39 Å². The summed E-state index contributed by atoms with van der Waals surface area (Å²) in [6, 6.07) is 6.17. The highest BCUT2D eigenvalue weighted by Crippen LogP contribution is 2.26. The van der Waals surface area contributed by atoms with Gasteiger partial charge in [0.05, 0.1) is 12.4 Å². The lowest BCUT2D eigenvalue weighted by molar-refractivity contribution is 0.176. The van der Waals surface area contributed by atoms with E-state index in [-0.39, 0.29) is 5.82 Å². The first kappa shape index (κ1) is 12.3. The van der Waals surface area contributed by atoms with Crippen molar-refractivity contribution < 1.29 is 13.9 Å². The summed E-state index contributed by atoms with van der Waals surface area (Å²) in [4.78, 5) is 0. The van der Waals surface area contributed by atoms with E-state index in [0.29, 0.717) is 12.2 Å². The molecule has 0 aliphatic carbocycles. The number of aryl methyl sites for hydroxylation is 1. The second-order valence-electron chi connectivity index (χ2n) is 3.89. The average Bonchev–Trinajstić information content (AvgIpc) is 2.70. The lowest BCUT2D eigenvalue weighted by Gasteiger charge is -2.11. The fraction of sp³-hybridized carbons (Fsp3) is 0.231. The maximum Gasteiger partial charge on any atom is 0.123 e. The topological polar surface area (TPSA) is 33.4 Å². The Morgan fingerprint density at radius 3 is 2.82 bits per heavy atom. The van der Waals surface area contributed by atoms with Gasteiger partial charge < -0.3 is 9.52 Å². The molecule has 2 rings (SSSR count). The summed E-state index contributed by atoms with van der Waals surface area (Å²) in [5.74, 6) is 0.379. The molecular formula is C13H12BrFO2. The van der Waals surface area contributed by atoms with Crippen LogP contribution in [0.1, 0.15) is 23.0 Å². The molecule has 1 aromatic carbocycles. The molecule has 0 aliphatic rings. The maximum atomic E-state index is 13.1. The quantitative estimate of drug-likeness (QED) is 0.936. The van der Waals surface area contributed by atoms with Crippen LogP contribution in [0.15, 0.2) is 39.4 Å². The fourth-order valence-corrected chi connectivity index (χ4v) is 2.17. The van der Waals surface area contributed by atoms with Crippen molar-refractivity contribution in [2.24, 2.45) is 0 Å². The van der Waals surface area contributed by atoms with Gasteiger partial charge in [0.1, 0.15) is 11.6 Å². The number of hydrogen-bond acceptors (Lipinski definition) is 2. The molecule has 0 saturated carbocycles. The first-order chi connectivity index (χ1) is 8.08. The Morgan fingerprint density at radius 1 is 1.41 bits per heavy atom. The third-order valence-corrected chi connectivity index (χ3v) is 3.45. The van der Waals surface area contributed by atoms with Gasteiger partial charge in [-0.05, 0) is 36.8 Å². The molecule has 1 N–H and O–H groups in total. The van der Waals surface area contributed by atoms with Crippen LogP contribution in [0.3, 0.4) is 0 Å². The molecule has 1 aromatic heterocycles. The van der Waals surface area contributed by atoms with Crippen LogP contribution in [0, 0.1) is 12.7 Å². The van der Waals surface area contributed by atoms with Crippen LogP contribution in [-0.2, 0) is 6.42 Å². The van der Waals surface area contributed by atoms with Crippen molar-refractivity contribution in [3.63, 3.8) is 0 Å². The molecule has 0 saturated heterocycles. The number of halogens is 2. The standard InChI is InChI=1S/C13H12BrFO2/c1-8-11(4-5-17-8)13(16)7-9-6-10(15)2-3-12(9)14/h2-6,13,16H,7H2,1H3. The fourth-order valence-electron chi connectivity index (χ4n) is 1.76. The van der Waals surface area contributed by atoms with Crippen molar-refractivity contribution in [3.05, 3.63) is 57.7 Å². The summed E-state index contributed by atoms with van der Waals surface area (Å²) in [5.41, 5.74) is 1.47. The zero-order valence-electron chi connectivity index (χ0n) is 9.28. The van der Waals surface area contributed by atoms with E-state index in [2.05, 4.69) is 15.9 Å². The maximum absolute atomic E-state index is 13.1. The summed E-state index contributed by atoms with van der Waals surface area (Å²) in [6.45, 7) is 1.79. The van der Waals surface area contributed by atoms with Crippen LogP contribution in [0.5, 0.6) is 0 Å². The third-order valence-electron chi connectivity index (χ3n) is 2.68. The minimum atomic E-state index is -0.688. The summed E-state index contributed by atoms with van der Waals surface area (Å²) >= 11 is 3.34. The average molecular weight is 299 g/mol. The highest BCUT2D eigenvalue weighted by atomic mass is 79.9. The normalized spacial score (nSPS) is 12.7. The lowest BCUT2D eigenvalue weighted by Crippen LogP contribution is -2.03. The molecule has 0 radical (unpaired) electrons. The number of aliphatic hydroxyl groups excluding tert-OH is 1. The largest absolute Gasteiger partial charge is 0.469 e. The first-order valence-corrected chi connectivity index (χ1v) is 6.03. The number of benzene rings is 1. The van der Waals surface area contributed by atoms with Gasteiger partial charge in [-0.1, -0.05) is 15.9 Å². The van der Waals surface area contributed by atoms with E-state index in [0.717, 1.165) is 15.6 Å². The van der Waals surface area contributed by atoms with E-state index in [4.69, 9.17) is 4.42 Å². The molecule has 2 nitrogen and oxygen atoms in total. The molecule has 17 heavy (non-hydrogen) atoms. The Balaban J connectivity index is 2.21. The molecule has 0 amide bonds. The van der Waals surface area contributed by atoms with Crippen LogP contribution < -0.4 is 0 Å². The number of hydrogen-bond donors (Lipinski definition) is 1. The summed E-state index contributed by atoms with van der Waals surface area (Å²) in [5, 5.41) is 10.1. The number of furan rings is 1. The van der Waals surface area contributed by atoms with Crippen molar-refractivity contribution in [1.29, 1.82) is 0 Å². The van der Waals surface area contributed by atoms with Gasteiger partial charge in [-0.15, -0.1) is 0 Å². The number of rotatable bonds is 3. The van der Waals surface area contributed by atoms with Gasteiger partial charge in [0, 0.05) is 16.5 Å². The van der Waals surface area contributed by atoms with E-state index in [9.17, 15) is 9.50 Å². The van der Waals surface area contributed by atoms with Crippen molar-refractivity contribution in [3.8, 4) is 0 Å². The van der Waals surface area contributed by atoms with Crippen LogP contribution in [0.25, 0.3) is 0 Å². The van der Waals surface area contributed by atoms with Gasteiger partial charge in [-0.3, -0.25) is 0 Å². The predicted octanol–water partition coefficient (Wildman–Crippen LogP) is 3.77. The zero-order valence-corrected chi connectivity index (χ0v) is 10.9. The Kier molecular flexibility index (Phi) is 3.64. The second kappa shape index (κ2) is 5.02. The second-order valence-corrected chi connectivity index (χ2v) is 4.74. The van der Waals surface area contributed by atoms with E-state index in [1.54, 1.807) is 19.1 Å². The molecule has 0 aliphatic heterocycles. The van der Waals surface area contributed by atoms with Gasteiger partial charge >= 0.3 is 0 Å². The first-order valence-electron chi connectivity index (χ1n) is 5.24. The molecule has 0 fully saturated rings. The Hall–Kier alpha value is -1.13. The molecule has 1 unspecified atom stereocenters. The lowest BCUT2D eigenvalue weighted by atomic mass is 10.0. The van der Waals surface area contributed by atoms with Crippen LogP contribution in [0.2, 0.25) is 0 Å². The molecule has 0 spiro atoms. The third kappa shape index (κ3) is 2.76. The van der Waals surface area contributed by atoms with Crippen LogP contribution >= 0.6 is 15.9 Å². The van der Waals surface area contributed by atoms with Crippen molar-refractivity contribution in [2.75, 3.05) is 0 Å². The Labute approximate surface area is 107 Å². The van der Waals surface area contributed by atoms with Crippen molar-refractivity contribution in [1.82, 2.24) is 0 Å². The number of aliphatic hydroxyl groups is 1. The van der Waals surface area contributed by atoms with Crippen molar-refractivity contribution in [2.45, 2.75) is 19.4 Å². The van der Waals surface area contributed by atoms with Crippen LogP contribution in [-0.4, -0.2) is 5.11 Å². The molecule has 4 heteroatoms. The predicted molar refractivity (Wildman–Crippen MR) is 66.2 cm³/mol. The Bertz CT molecular complexity index is 522. The SMILES string of the molecule is Cc1occc1C(O)Cc1cc(F)ccc1Br. The highest BCUT2D eigenvalue weighted by molar-refractivity contribution is 9.10. The van der Waals surface area contributed by atoms with Gasteiger partial charge in [0.2, 0.25) is 0 Å². The molecule has 90 valence electrons. The molecule has 2 aromatic rings. The molecule has 1 atom stereocenters. The summed E-state index contributed by atoms with van der Waals surface area (Å²) in [6.07, 6.45) is 1.19. The van der Waals surface area contributed by atoms with Crippen molar-refractivity contribution >= 4 is 15.9 Å². The van der Waals surface area contributed by atoms with Crippen LogP contribution in [0.4, 0.5) is 4.39 Å². The monoisotopic (exact) mass is 298 g/mol. The Morgan fingerprint density at radius 2 is 2.18 bits per heavy atom. The summed E-state index contributed by atoms with van der Waals surface area (Å²) < 4.78 is 19.0. The minimum Gasteiger partial charge on any atom is -0.469 e.